The second kappa shape index (κ2) is 7.21. The lowest BCUT2D eigenvalue weighted by atomic mass is 9.95. The molecule has 0 radical (unpaired) electrons. The number of benzene rings is 1. The van der Waals surface area contributed by atoms with Gasteiger partial charge >= 0.3 is 0 Å². The van der Waals surface area contributed by atoms with E-state index >= 15 is 0 Å². The fraction of sp³-hybridized carbons (Fsp3) is 0.647. The van der Waals surface area contributed by atoms with Crippen molar-refractivity contribution >= 4 is 5.69 Å². The normalized spacial score (nSPS) is 20.6. The highest BCUT2D eigenvalue weighted by Gasteiger charge is 2.24. The topological polar surface area (TPSA) is 29.3 Å². The fourth-order valence-electron chi connectivity index (χ4n) is 3.09. The van der Waals surface area contributed by atoms with Gasteiger partial charge in [0.2, 0.25) is 0 Å². The molecule has 1 heterocycles. The predicted octanol–water partition coefficient (Wildman–Crippen LogP) is 3.87. The average molecular weight is 296 g/mol. The van der Waals surface area contributed by atoms with Gasteiger partial charge in [0.1, 0.15) is 17.3 Å². The Labute approximate surface area is 126 Å². The number of nitrogens with zero attached hydrogens (tertiary/aromatic N) is 1. The Bertz CT molecular complexity index is 453. The molecule has 1 aliphatic rings. The highest BCUT2D eigenvalue weighted by atomic mass is 19.1. The molecule has 0 amide bonds. The van der Waals surface area contributed by atoms with Crippen molar-refractivity contribution in [2.75, 3.05) is 18.0 Å². The van der Waals surface area contributed by atoms with Crippen molar-refractivity contribution in [2.24, 2.45) is 11.7 Å². The minimum absolute atomic E-state index is 0.0471. The molecule has 1 aromatic rings. The van der Waals surface area contributed by atoms with Gasteiger partial charge < -0.3 is 10.6 Å². The lowest BCUT2D eigenvalue weighted by Crippen LogP contribution is -2.36. The molecule has 1 fully saturated rings. The van der Waals surface area contributed by atoms with E-state index in [1.807, 2.05) is 11.8 Å². The zero-order valence-electron chi connectivity index (χ0n) is 13.0. The highest BCUT2D eigenvalue weighted by Crippen LogP contribution is 2.30. The van der Waals surface area contributed by atoms with Crippen LogP contribution in [-0.2, 0) is 6.42 Å². The van der Waals surface area contributed by atoms with Crippen molar-refractivity contribution in [3.63, 3.8) is 0 Å². The number of nitrogens with two attached hydrogens (primary N) is 1. The van der Waals surface area contributed by atoms with Gasteiger partial charge in [0.25, 0.3) is 0 Å². The second-order valence-corrected chi connectivity index (χ2v) is 6.14. The SMILES string of the molecule is CCC(N)Cc1cc(F)c(N2CCCC(CC)C2)c(F)c1. The van der Waals surface area contributed by atoms with E-state index in [1.54, 1.807) is 0 Å². The van der Waals surface area contributed by atoms with Gasteiger partial charge in [-0.3, -0.25) is 0 Å². The molecule has 4 heteroatoms. The summed E-state index contributed by atoms with van der Waals surface area (Å²) in [5.74, 6) is -0.374. The van der Waals surface area contributed by atoms with Gasteiger partial charge in [0.15, 0.2) is 0 Å². The maximum absolute atomic E-state index is 14.4. The molecule has 1 aliphatic heterocycles. The van der Waals surface area contributed by atoms with Crippen LogP contribution in [0.4, 0.5) is 14.5 Å². The van der Waals surface area contributed by atoms with Crippen LogP contribution in [0.3, 0.4) is 0 Å². The van der Waals surface area contributed by atoms with Gasteiger partial charge in [-0.25, -0.2) is 8.78 Å². The lowest BCUT2D eigenvalue weighted by molar-refractivity contribution is 0.397. The largest absolute Gasteiger partial charge is 0.367 e. The first-order valence-electron chi connectivity index (χ1n) is 8.03. The summed E-state index contributed by atoms with van der Waals surface area (Å²) in [4.78, 5) is 1.87. The summed E-state index contributed by atoms with van der Waals surface area (Å²) in [5.41, 5.74) is 6.65. The maximum Gasteiger partial charge on any atom is 0.149 e. The molecule has 1 aromatic carbocycles. The molecule has 0 aliphatic carbocycles. The van der Waals surface area contributed by atoms with E-state index in [0.29, 0.717) is 17.9 Å². The number of hydrogen-bond donors (Lipinski definition) is 1. The minimum Gasteiger partial charge on any atom is -0.367 e. The molecule has 2 rings (SSSR count). The molecule has 0 aromatic heterocycles. The van der Waals surface area contributed by atoms with Gasteiger partial charge in [-0.15, -0.1) is 0 Å². The Morgan fingerprint density at radius 1 is 1.29 bits per heavy atom. The third-order valence-corrected chi connectivity index (χ3v) is 4.51. The van der Waals surface area contributed by atoms with Gasteiger partial charge in [0, 0.05) is 19.1 Å². The lowest BCUT2D eigenvalue weighted by Gasteiger charge is -2.34. The maximum atomic E-state index is 14.4. The Balaban J connectivity index is 2.20. The third-order valence-electron chi connectivity index (χ3n) is 4.51. The summed E-state index contributed by atoms with van der Waals surface area (Å²) >= 11 is 0. The predicted molar refractivity (Wildman–Crippen MR) is 83.6 cm³/mol. The average Bonchev–Trinajstić information content (AvgIpc) is 2.46. The van der Waals surface area contributed by atoms with Crippen molar-refractivity contribution in [1.82, 2.24) is 0 Å². The molecule has 0 bridgehead atoms. The summed E-state index contributed by atoms with van der Waals surface area (Å²) in [5, 5.41) is 0. The van der Waals surface area contributed by atoms with Crippen LogP contribution in [0.25, 0.3) is 0 Å². The molecule has 21 heavy (non-hydrogen) atoms. The minimum atomic E-state index is -0.454. The molecular formula is C17H26F2N2. The summed E-state index contributed by atoms with van der Waals surface area (Å²) in [7, 11) is 0. The zero-order valence-corrected chi connectivity index (χ0v) is 13.0. The van der Waals surface area contributed by atoms with Crippen LogP contribution in [0, 0.1) is 17.6 Å². The Morgan fingerprint density at radius 2 is 1.95 bits per heavy atom. The van der Waals surface area contributed by atoms with Crippen LogP contribution in [0.5, 0.6) is 0 Å². The molecule has 1 saturated heterocycles. The Morgan fingerprint density at radius 3 is 2.52 bits per heavy atom. The van der Waals surface area contributed by atoms with E-state index in [0.717, 1.165) is 38.8 Å². The van der Waals surface area contributed by atoms with Gasteiger partial charge in [0.05, 0.1) is 0 Å². The van der Waals surface area contributed by atoms with Gasteiger partial charge in [-0.2, -0.15) is 0 Å². The molecule has 2 unspecified atom stereocenters. The van der Waals surface area contributed by atoms with Crippen molar-refractivity contribution in [3.8, 4) is 0 Å². The molecule has 118 valence electrons. The van der Waals surface area contributed by atoms with Crippen molar-refractivity contribution < 1.29 is 8.78 Å². The van der Waals surface area contributed by atoms with E-state index < -0.39 is 11.6 Å². The van der Waals surface area contributed by atoms with Gasteiger partial charge in [-0.05, 0) is 49.3 Å². The van der Waals surface area contributed by atoms with E-state index in [4.69, 9.17) is 5.73 Å². The smallest absolute Gasteiger partial charge is 0.149 e. The summed E-state index contributed by atoms with van der Waals surface area (Å²) in [6.45, 7) is 5.59. The van der Waals surface area contributed by atoms with E-state index in [9.17, 15) is 8.78 Å². The van der Waals surface area contributed by atoms with Gasteiger partial charge in [-0.1, -0.05) is 20.3 Å². The zero-order chi connectivity index (χ0) is 15.4. The number of hydrogen-bond acceptors (Lipinski definition) is 2. The monoisotopic (exact) mass is 296 g/mol. The first-order chi connectivity index (χ1) is 10.0. The summed E-state index contributed by atoms with van der Waals surface area (Å²) in [6, 6.07) is 2.85. The molecule has 0 spiro atoms. The quantitative estimate of drug-likeness (QED) is 0.893. The number of rotatable bonds is 5. The Kier molecular flexibility index (Phi) is 5.57. The van der Waals surface area contributed by atoms with Crippen molar-refractivity contribution in [3.05, 3.63) is 29.3 Å². The number of anilines is 1. The van der Waals surface area contributed by atoms with Crippen LogP contribution in [0.15, 0.2) is 12.1 Å². The van der Waals surface area contributed by atoms with E-state index in [2.05, 4.69) is 6.92 Å². The van der Waals surface area contributed by atoms with Crippen LogP contribution in [0.2, 0.25) is 0 Å². The summed E-state index contributed by atoms with van der Waals surface area (Å²) < 4.78 is 28.7. The van der Waals surface area contributed by atoms with E-state index in [-0.39, 0.29) is 11.7 Å². The van der Waals surface area contributed by atoms with Crippen LogP contribution in [0.1, 0.15) is 45.1 Å². The number of piperidine rings is 1. The molecule has 2 nitrogen and oxygen atoms in total. The first kappa shape index (κ1) is 16.2. The summed E-state index contributed by atoms with van der Waals surface area (Å²) in [6.07, 6.45) is 4.53. The van der Waals surface area contributed by atoms with Crippen LogP contribution < -0.4 is 10.6 Å². The van der Waals surface area contributed by atoms with Crippen LogP contribution in [-0.4, -0.2) is 19.1 Å². The number of halogens is 2. The van der Waals surface area contributed by atoms with Crippen molar-refractivity contribution in [1.29, 1.82) is 0 Å². The second-order valence-electron chi connectivity index (χ2n) is 6.14. The van der Waals surface area contributed by atoms with Crippen LogP contribution >= 0.6 is 0 Å². The first-order valence-corrected chi connectivity index (χ1v) is 8.03. The third kappa shape index (κ3) is 3.94. The Hall–Kier alpha value is -1.16. The molecule has 2 N–H and O–H groups in total. The molecular weight excluding hydrogens is 270 g/mol. The highest BCUT2D eigenvalue weighted by molar-refractivity contribution is 5.51. The fourth-order valence-corrected chi connectivity index (χ4v) is 3.09. The van der Waals surface area contributed by atoms with E-state index in [1.165, 1.54) is 12.1 Å². The standard InChI is InChI=1S/C17H26F2N2/c1-3-12-6-5-7-21(11-12)17-15(18)9-13(10-16(17)19)8-14(20)4-2/h9-10,12,14H,3-8,11,20H2,1-2H3. The molecule has 2 atom stereocenters. The van der Waals surface area contributed by atoms with Crippen molar-refractivity contribution in [2.45, 2.75) is 52.0 Å². The molecule has 0 saturated carbocycles.